The first-order valence-electron chi connectivity index (χ1n) is 10.0. The molecular weight excluding hydrogens is 402 g/mol. The molecule has 0 saturated carbocycles. The van der Waals surface area contributed by atoms with Gasteiger partial charge in [-0.15, -0.1) is 0 Å². The van der Waals surface area contributed by atoms with Gasteiger partial charge in [-0.2, -0.15) is 5.10 Å². The van der Waals surface area contributed by atoms with Gasteiger partial charge in [-0.25, -0.2) is 9.97 Å². The van der Waals surface area contributed by atoms with Crippen LogP contribution in [0.2, 0.25) is 0 Å². The highest BCUT2D eigenvalue weighted by Gasteiger charge is 2.20. The van der Waals surface area contributed by atoms with Gasteiger partial charge < -0.3 is 19.2 Å². The number of carbonyl (C=O) groups excluding carboxylic acids is 1. The number of methoxy groups -OCH3 is 2. The molecule has 0 radical (unpaired) electrons. The van der Waals surface area contributed by atoms with Crippen LogP contribution in [0.1, 0.15) is 36.8 Å². The van der Waals surface area contributed by atoms with E-state index in [0.29, 0.717) is 42.8 Å². The Bertz CT molecular complexity index is 1140. The van der Waals surface area contributed by atoms with E-state index in [1.165, 1.54) is 13.1 Å². The lowest BCUT2D eigenvalue weighted by molar-refractivity contribution is 0.0893. The largest absolute Gasteiger partial charge is 0.472 e. The summed E-state index contributed by atoms with van der Waals surface area (Å²) in [6, 6.07) is 1.62. The van der Waals surface area contributed by atoms with Crippen molar-refractivity contribution in [1.29, 1.82) is 0 Å². The number of aromatic nitrogens is 5. The zero-order valence-electron chi connectivity index (χ0n) is 18.4. The summed E-state index contributed by atoms with van der Waals surface area (Å²) in [5.41, 5.74) is 2.00. The van der Waals surface area contributed by atoms with Gasteiger partial charge >= 0.3 is 0 Å². The molecule has 0 aliphatic carbocycles. The van der Waals surface area contributed by atoms with Gasteiger partial charge in [-0.3, -0.25) is 14.3 Å². The highest BCUT2D eigenvalue weighted by molar-refractivity contribution is 5.95. The van der Waals surface area contributed by atoms with Crippen molar-refractivity contribution >= 4 is 16.8 Å². The average Bonchev–Trinajstić information content (AvgIpc) is 3.10. The quantitative estimate of drug-likeness (QED) is 0.486. The van der Waals surface area contributed by atoms with Crippen LogP contribution in [0.5, 0.6) is 5.88 Å². The number of hydrogen-bond acceptors (Lipinski definition) is 8. The van der Waals surface area contributed by atoms with Gasteiger partial charge in [-0.1, -0.05) is 6.92 Å². The van der Waals surface area contributed by atoms with Crippen LogP contribution < -0.4 is 10.3 Å². The summed E-state index contributed by atoms with van der Waals surface area (Å²) >= 11 is 0. The van der Waals surface area contributed by atoms with Gasteiger partial charge in [0.2, 0.25) is 5.88 Å². The normalized spacial score (nSPS) is 12.3. The van der Waals surface area contributed by atoms with Crippen molar-refractivity contribution in [1.82, 2.24) is 24.7 Å². The van der Waals surface area contributed by atoms with E-state index in [4.69, 9.17) is 14.2 Å². The number of aryl methyl sites for hydroxylation is 1. The van der Waals surface area contributed by atoms with Gasteiger partial charge in [0.1, 0.15) is 17.4 Å². The van der Waals surface area contributed by atoms with Crippen LogP contribution in [-0.4, -0.2) is 64.1 Å². The predicted molar refractivity (Wildman–Crippen MR) is 115 cm³/mol. The number of H-pyrrole nitrogens is 1. The van der Waals surface area contributed by atoms with E-state index in [-0.39, 0.29) is 34.7 Å². The third-order valence-corrected chi connectivity index (χ3v) is 4.77. The average molecular weight is 429 g/mol. The SMILES string of the molecule is CCc1c2nc(-c3cc(C(C)=O)cnc3OC(C)COC)[nH]c(=O)c2nn1CCOC. The molecule has 3 aromatic heterocycles. The second-order valence-corrected chi connectivity index (χ2v) is 7.14. The molecule has 0 aliphatic heterocycles. The lowest BCUT2D eigenvalue weighted by atomic mass is 10.1. The van der Waals surface area contributed by atoms with Gasteiger partial charge in [-0.05, 0) is 26.3 Å². The molecule has 10 heteroatoms. The van der Waals surface area contributed by atoms with Crippen LogP contribution in [0, 0.1) is 0 Å². The summed E-state index contributed by atoms with van der Waals surface area (Å²) in [6.07, 6.45) is 1.78. The van der Waals surface area contributed by atoms with Crippen LogP contribution in [0.4, 0.5) is 0 Å². The van der Waals surface area contributed by atoms with Crippen LogP contribution in [0.15, 0.2) is 17.1 Å². The van der Waals surface area contributed by atoms with Crippen LogP contribution >= 0.6 is 0 Å². The molecule has 3 heterocycles. The van der Waals surface area contributed by atoms with Crippen molar-refractivity contribution in [3.05, 3.63) is 33.9 Å². The molecule has 166 valence electrons. The fraction of sp³-hybridized carbons (Fsp3) is 0.476. The van der Waals surface area contributed by atoms with Crippen LogP contribution in [0.3, 0.4) is 0 Å². The molecule has 0 amide bonds. The summed E-state index contributed by atoms with van der Waals surface area (Å²) in [6.45, 7) is 6.58. The number of nitrogens with one attached hydrogen (secondary N) is 1. The van der Waals surface area contributed by atoms with Crippen molar-refractivity contribution in [2.45, 2.75) is 39.8 Å². The number of pyridine rings is 1. The molecule has 3 rings (SSSR count). The number of ether oxygens (including phenoxy) is 3. The molecular formula is C21H27N5O5. The van der Waals surface area contributed by atoms with E-state index < -0.39 is 0 Å². The number of carbonyl (C=O) groups is 1. The Labute approximate surface area is 179 Å². The van der Waals surface area contributed by atoms with Crippen molar-refractivity contribution in [3.63, 3.8) is 0 Å². The lowest BCUT2D eigenvalue weighted by Gasteiger charge is -2.16. The zero-order chi connectivity index (χ0) is 22.5. The van der Waals surface area contributed by atoms with Crippen LogP contribution in [-0.2, 0) is 22.4 Å². The topological polar surface area (TPSA) is 121 Å². The van der Waals surface area contributed by atoms with E-state index in [1.807, 2.05) is 13.8 Å². The maximum atomic E-state index is 12.8. The Morgan fingerprint density at radius 2 is 2.03 bits per heavy atom. The molecule has 0 saturated heterocycles. The Balaban J connectivity index is 2.18. The van der Waals surface area contributed by atoms with Crippen molar-refractivity contribution in [3.8, 4) is 17.3 Å². The van der Waals surface area contributed by atoms with Crippen molar-refractivity contribution < 1.29 is 19.0 Å². The molecule has 10 nitrogen and oxygen atoms in total. The molecule has 0 aromatic carbocycles. The first-order valence-corrected chi connectivity index (χ1v) is 10.0. The number of hydrogen-bond donors (Lipinski definition) is 1. The summed E-state index contributed by atoms with van der Waals surface area (Å²) in [5.74, 6) is 0.353. The smallest absolute Gasteiger partial charge is 0.279 e. The molecule has 1 atom stereocenters. The fourth-order valence-corrected chi connectivity index (χ4v) is 3.27. The zero-order valence-corrected chi connectivity index (χ0v) is 18.4. The highest BCUT2D eigenvalue weighted by atomic mass is 16.5. The summed E-state index contributed by atoms with van der Waals surface area (Å²) < 4.78 is 17.9. The summed E-state index contributed by atoms with van der Waals surface area (Å²) in [7, 11) is 3.19. The van der Waals surface area contributed by atoms with Crippen molar-refractivity contribution in [2.75, 3.05) is 27.4 Å². The molecule has 3 aromatic rings. The minimum absolute atomic E-state index is 0.157. The maximum Gasteiger partial charge on any atom is 0.279 e. The molecule has 0 spiro atoms. The highest BCUT2D eigenvalue weighted by Crippen LogP contribution is 2.28. The first-order chi connectivity index (χ1) is 14.9. The molecule has 0 aliphatic rings. The minimum atomic E-state index is -0.380. The van der Waals surface area contributed by atoms with E-state index in [1.54, 1.807) is 25.0 Å². The Morgan fingerprint density at radius 3 is 2.68 bits per heavy atom. The number of rotatable bonds is 10. The Morgan fingerprint density at radius 1 is 1.26 bits per heavy atom. The molecule has 1 unspecified atom stereocenters. The lowest BCUT2D eigenvalue weighted by Crippen LogP contribution is -2.19. The first kappa shape index (κ1) is 22.6. The number of nitrogens with zero attached hydrogens (tertiary/aromatic N) is 4. The number of ketones is 1. The third-order valence-electron chi connectivity index (χ3n) is 4.77. The van der Waals surface area contributed by atoms with Crippen LogP contribution in [0.25, 0.3) is 22.4 Å². The van der Waals surface area contributed by atoms with Gasteiger partial charge in [0, 0.05) is 26.0 Å². The van der Waals surface area contributed by atoms with E-state index in [2.05, 4.69) is 20.1 Å². The molecule has 31 heavy (non-hydrogen) atoms. The Kier molecular flexibility index (Phi) is 7.13. The monoisotopic (exact) mass is 429 g/mol. The third kappa shape index (κ3) is 4.80. The Hall–Kier alpha value is -3.11. The number of aromatic amines is 1. The standard InChI is InChI=1S/C21H27N5O5/c1-6-16-17-18(25-26(16)7-8-29-4)20(28)24-19(23-17)15-9-14(13(3)27)10-22-21(15)31-12(2)11-30-5/h9-10,12H,6-8,11H2,1-5H3,(H,23,24,28). The summed E-state index contributed by atoms with van der Waals surface area (Å²) in [4.78, 5) is 36.5. The van der Waals surface area contributed by atoms with E-state index in [9.17, 15) is 9.59 Å². The van der Waals surface area contributed by atoms with E-state index >= 15 is 0 Å². The molecule has 0 bridgehead atoms. The van der Waals surface area contributed by atoms with Gasteiger partial charge in [0.25, 0.3) is 5.56 Å². The maximum absolute atomic E-state index is 12.8. The fourth-order valence-electron chi connectivity index (χ4n) is 3.27. The summed E-state index contributed by atoms with van der Waals surface area (Å²) in [5, 5.41) is 4.41. The predicted octanol–water partition coefficient (Wildman–Crippen LogP) is 2.01. The van der Waals surface area contributed by atoms with Gasteiger partial charge in [0.05, 0.1) is 31.0 Å². The molecule has 0 fully saturated rings. The number of fused-ring (bicyclic) bond motifs is 1. The second-order valence-electron chi connectivity index (χ2n) is 7.14. The van der Waals surface area contributed by atoms with E-state index in [0.717, 1.165) is 5.69 Å². The van der Waals surface area contributed by atoms with Crippen molar-refractivity contribution in [2.24, 2.45) is 0 Å². The second kappa shape index (κ2) is 9.80. The van der Waals surface area contributed by atoms with Gasteiger partial charge in [0.15, 0.2) is 11.3 Å². The molecule has 1 N–H and O–H groups in total. The minimum Gasteiger partial charge on any atom is -0.472 e. The number of Topliss-reactive ketones (excluding diaryl/α,β-unsaturated/α-hetero) is 1.